The standard InChI is InChI=1S/C18H16O/c1-14(11-15-7-3-2-4-8-15)17-12-16-9-5-6-10-18(16)19-13-17/h2-12H,13H2,1H3. The summed E-state index contributed by atoms with van der Waals surface area (Å²) in [6.07, 6.45) is 4.41. The molecule has 2 aromatic rings. The molecule has 1 heterocycles. The molecule has 1 nitrogen and oxygen atoms in total. The average Bonchev–Trinajstić information content (AvgIpc) is 2.48. The van der Waals surface area contributed by atoms with Crippen LogP contribution in [0.25, 0.3) is 12.2 Å². The van der Waals surface area contributed by atoms with Crippen molar-refractivity contribution in [2.75, 3.05) is 6.61 Å². The van der Waals surface area contributed by atoms with Gasteiger partial charge >= 0.3 is 0 Å². The molecule has 2 aromatic carbocycles. The molecule has 0 amide bonds. The first-order valence-electron chi connectivity index (χ1n) is 6.49. The number of hydrogen-bond acceptors (Lipinski definition) is 1. The van der Waals surface area contributed by atoms with Crippen LogP contribution < -0.4 is 4.74 Å². The van der Waals surface area contributed by atoms with Gasteiger partial charge in [0.1, 0.15) is 12.4 Å². The summed E-state index contributed by atoms with van der Waals surface area (Å²) in [6.45, 7) is 2.78. The number of para-hydroxylation sites is 1. The summed E-state index contributed by atoms with van der Waals surface area (Å²) in [6, 6.07) is 18.5. The summed E-state index contributed by atoms with van der Waals surface area (Å²) in [5.41, 5.74) is 4.87. The van der Waals surface area contributed by atoms with E-state index in [1.54, 1.807) is 0 Å². The van der Waals surface area contributed by atoms with Gasteiger partial charge < -0.3 is 4.74 Å². The first-order valence-corrected chi connectivity index (χ1v) is 6.49. The van der Waals surface area contributed by atoms with E-state index in [1.165, 1.54) is 16.7 Å². The van der Waals surface area contributed by atoms with Crippen LogP contribution in [0.15, 0.2) is 65.7 Å². The third-order valence-corrected chi connectivity index (χ3v) is 3.32. The van der Waals surface area contributed by atoms with Crippen molar-refractivity contribution in [2.45, 2.75) is 6.92 Å². The zero-order chi connectivity index (χ0) is 13.1. The number of ether oxygens (including phenoxy) is 1. The number of benzene rings is 2. The quantitative estimate of drug-likeness (QED) is 0.756. The van der Waals surface area contributed by atoms with Crippen LogP contribution in [0.5, 0.6) is 5.75 Å². The maximum absolute atomic E-state index is 5.79. The molecule has 3 rings (SSSR count). The molecule has 0 fully saturated rings. The topological polar surface area (TPSA) is 9.23 Å². The lowest BCUT2D eigenvalue weighted by atomic mass is 10.00. The Hall–Kier alpha value is -2.28. The van der Waals surface area contributed by atoms with Crippen molar-refractivity contribution in [1.29, 1.82) is 0 Å². The Kier molecular flexibility index (Phi) is 3.20. The van der Waals surface area contributed by atoms with Gasteiger partial charge in [-0.3, -0.25) is 0 Å². The third-order valence-electron chi connectivity index (χ3n) is 3.32. The summed E-state index contributed by atoms with van der Waals surface area (Å²) in [5, 5.41) is 0. The molecule has 0 radical (unpaired) electrons. The lowest BCUT2D eigenvalue weighted by Gasteiger charge is -2.18. The average molecular weight is 248 g/mol. The van der Waals surface area contributed by atoms with Crippen molar-refractivity contribution in [2.24, 2.45) is 0 Å². The molecule has 0 saturated carbocycles. The van der Waals surface area contributed by atoms with Gasteiger partial charge in [-0.05, 0) is 35.8 Å². The molecule has 19 heavy (non-hydrogen) atoms. The minimum absolute atomic E-state index is 0.645. The highest BCUT2D eigenvalue weighted by atomic mass is 16.5. The molecular weight excluding hydrogens is 232 g/mol. The van der Waals surface area contributed by atoms with Crippen LogP contribution in [0.2, 0.25) is 0 Å². The first-order chi connectivity index (χ1) is 9.33. The van der Waals surface area contributed by atoms with Gasteiger partial charge in [-0.15, -0.1) is 0 Å². The molecule has 0 aromatic heterocycles. The molecule has 0 unspecified atom stereocenters. The van der Waals surface area contributed by atoms with E-state index in [2.05, 4.69) is 49.4 Å². The normalized spacial score (nSPS) is 14.4. The molecule has 0 bridgehead atoms. The van der Waals surface area contributed by atoms with Crippen LogP contribution >= 0.6 is 0 Å². The maximum atomic E-state index is 5.79. The highest BCUT2D eigenvalue weighted by Gasteiger charge is 2.11. The SMILES string of the molecule is CC(=Cc1ccccc1)C1=Cc2ccccc2OC1. The minimum atomic E-state index is 0.645. The fourth-order valence-electron chi connectivity index (χ4n) is 2.24. The maximum Gasteiger partial charge on any atom is 0.127 e. The van der Waals surface area contributed by atoms with Crippen molar-refractivity contribution in [1.82, 2.24) is 0 Å². The fourth-order valence-corrected chi connectivity index (χ4v) is 2.24. The third kappa shape index (κ3) is 2.60. The highest BCUT2D eigenvalue weighted by Crippen LogP contribution is 2.29. The van der Waals surface area contributed by atoms with Crippen LogP contribution in [-0.2, 0) is 0 Å². The van der Waals surface area contributed by atoms with Crippen LogP contribution in [-0.4, -0.2) is 6.61 Å². The number of fused-ring (bicyclic) bond motifs is 1. The Morgan fingerprint density at radius 1 is 1.00 bits per heavy atom. The summed E-state index contributed by atoms with van der Waals surface area (Å²) in [4.78, 5) is 0. The van der Waals surface area contributed by atoms with Gasteiger partial charge in [0, 0.05) is 5.56 Å². The van der Waals surface area contributed by atoms with E-state index in [1.807, 2.05) is 24.3 Å². The van der Waals surface area contributed by atoms with E-state index >= 15 is 0 Å². The number of rotatable bonds is 2. The molecule has 1 heteroatoms. The second kappa shape index (κ2) is 5.15. The van der Waals surface area contributed by atoms with Crippen LogP contribution in [0, 0.1) is 0 Å². The fraction of sp³-hybridized carbons (Fsp3) is 0.111. The first kappa shape index (κ1) is 11.8. The predicted molar refractivity (Wildman–Crippen MR) is 80.0 cm³/mol. The van der Waals surface area contributed by atoms with Crippen molar-refractivity contribution < 1.29 is 4.74 Å². The summed E-state index contributed by atoms with van der Waals surface area (Å²) in [7, 11) is 0. The zero-order valence-corrected chi connectivity index (χ0v) is 11.0. The molecule has 0 N–H and O–H groups in total. The van der Waals surface area contributed by atoms with Crippen LogP contribution in [0.3, 0.4) is 0 Å². The van der Waals surface area contributed by atoms with E-state index in [0.29, 0.717) is 6.61 Å². The van der Waals surface area contributed by atoms with Gasteiger partial charge in [-0.25, -0.2) is 0 Å². The van der Waals surface area contributed by atoms with Crippen molar-refractivity contribution >= 4 is 12.2 Å². The van der Waals surface area contributed by atoms with Crippen molar-refractivity contribution in [3.05, 3.63) is 76.9 Å². The Morgan fingerprint density at radius 2 is 1.74 bits per heavy atom. The smallest absolute Gasteiger partial charge is 0.127 e. The van der Waals surface area contributed by atoms with Gasteiger partial charge in [0.2, 0.25) is 0 Å². The number of hydrogen-bond donors (Lipinski definition) is 0. The molecule has 1 aliphatic rings. The van der Waals surface area contributed by atoms with Gasteiger partial charge in [0.25, 0.3) is 0 Å². The van der Waals surface area contributed by atoms with Gasteiger partial charge in [-0.2, -0.15) is 0 Å². The second-order valence-corrected chi connectivity index (χ2v) is 4.73. The van der Waals surface area contributed by atoms with E-state index in [0.717, 1.165) is 11.3 Å². The lowest BCUT2D eigenvalue weighted by molar-refractivity contribution is 0.349. The van der Waals surface area contributed by atoms with E-state index in [9.17, 15) is 0 Å². The zero-order valence-electron chi connectivity index (χ0n) is 11.0. The van der Waals surface area contributed by atoms with E-state index in [4.69, 9.17) is 4.74 Å². The summed E-state index contributed by atoms with van der Waals surface area (Å²) < 4.78 is 5.79. The molecule has 94 valence electrons. The van der Waals surface area contributed by atoms with Crippen LogP contribution in [0.1, 0.15) is 18.1 Å². The highest BCUT2D eigenvalue weighted by molar-refractivity contribution is 5.69. The largest absolute Gasteiger partial charge is 0.488 e. The van der Waals surface area contributed by atoms with E-state index in [-0.39, 0.29) is 0 Å². The Labute approximate surface area is 113 Å². The van der Waals surface area contributed by atoms with Crippen molar-refractivity contribution in [3.63, 3.8) is 0 Å². The molecule has 0 atom stereocenters. The molecular formula is C18H16O. The Bertz CT molecular complexity index is 636. The minimum Gasteiger partial charge on any atom is -0.488 e. The Morgan fingerprint density at radius 3 is 2.58 bits per heavy atom. The summed E-state index contributed by atoms with van der Waals surface area (Å²) >= 11 is 0. The van der Waals surface area contributed by atoms with Gasteiger partial charge in [0.15, 0.2) is 0 Å². The molecule has 0 saturated heterocycles. The lowest BCUT2D eigenvalue weighted by Crippen LogP contribution is -2.07. The molecule has 1 aliphatic heterocycles. The predicted octanol–water partition coefficient (Wildman–Crippen LogP) is 4.57. The van der Waals surface area contributed by atoms with Crippen LogP contribution in [0.4, 0.5) is 0 Å². The van der Waals surface area contributed by atoms with Crippen molar-refractivity contribution in [3.8, 4) is 5.75 Å². The molecule has 0 spiro atoms. The van der Waals surface area contributed by atoms with E-state index < -0.39 is 0 Å². The molecule has 0 aliphatic carbocycles. The van der Waals surface area contributed by atoms with Gasteiger partial charge in [-0.1, -0.05) is 54.6 Å². The second-order valence-electron chi connectivity index (χ2n) is 4.73. The Balaban J connectivity index is 1.92. The monoisotopic (exact) mass is 248 g/mol. The summed E-state index contributed by atoms with van der Waals surface area (Å²) in [5.74, 6) is 0.971. The van der Waals surface area contributed by atoms with Gasteiger partial charge in [0.05, 0.1) is 0 Å².